The van der Waals surface area contributed by atoms with Gasteiger partial charge in [-0.25, -0.2) is 0 Å². The van der Waals surface area contributed by atoms with E-state index >= 15 is 0 Å². The van der Waals surface area contributed by atoms with Crippen LogP contribution in [0.5, 0.6) is 0 Å². The Morgan fingerprint density at radius 2 is 1.94 bits per heavy atom. The fourth-order valence-electron chi connectivity index (χ4n) is 3.26. The predicted octanol–water partition coefficient (Wildman–Crippen LogP) is 0.546. The van der Waals surface area contributed by atoms with Crippen LogP contribution in [0.25, 0.3) is 0 Å². The second-order valence-corrected chi connectivity index (χ2v) is 5.81. The second kappa shape index (κ2) is 4.53. The summed E-state index contributed by atoms with van der Waals surface area (Å²) in [5, 5.41) is 9.01. The Kier molecular flexibility index (Phi) is 3.01. The maximum absolute atomic E-state index is 11.9. The quantitative estimate of drug-likeness (QED) is 0.796. The van der Waals surface area contributed by atoms with Gasteiger partial charge in [-0.15, -0.1) is 0 Å². The number of carbonyl (C=O) groups is 2. The van der Waals surface area contributed by atoms with Gasteiger partial charge in [0.1, 0.15) is 0 Å². The number of hydrogen-bond donors (Lipinski definition) is 1. The molecule has 1 N–H and O–H groups in total. The molecule has 2 unspecified atom stereocenters. The van der Waals surface area contributed by atoms with Crippen molar-refractivity contribution in [1.82, 2.24) is 9.80 Å². The highest BCUT2D eigenvalue weighted by atomic mass is 16.4. The van der Waals surface area contributed by atoms with Crippen molar-refractivity contribution >= 4 is 11.9 Å². The average molecular weight is 252 g/mol. The summed E-state index contributed by atoms with van der Waals surface area (Å²) in [6.07, 6.45) is 4.93. The minimum absolute atomic E-state index is 0.0325. The van der Waals surface area contributed by atoms with Crippen LogP contribution in [0.3, 0.4) is 0 Å². The number of hydrogen-bond acceptors (Lipinski definition) is 3. The van der Waals surface area contributed by atoms with Crippen LogP contribution in [0.1, 0.15) is 32.1 Å². The molecule has 1 amide bonds. The number of carboxylic acid groups (broad SMARTS) is 1. The SMILES string of the molecule is O=C(O)C1CC(=O)N(C2CCCN(C3CC3)C2)C1. The first-order valence-corrected chi connectivity index (χ1v) is 6.91. The summed E-state index contributed by atoms with van der Waals surface area (Å²) in [4.78, 5) is 27.2. The highest BCUT2D eigenvalue weighted by molar-refractivity contribution is 5.86. The third-order valence-corrected chi connectivity index (χ3v) is 4.44. The standard InChI is InChI=1S/C13H20N2O3/c16-12-6-9(13(17)18)7-15(12)11-2-1-5-14(8-11)10-3-4-10/h9-11H,1-8H2,(H,17,18). The summed E-state index contributed by atoms with van der Waals surface area (Å²) in [6, 6.07) is 0.983. The van der Waals surface area contributed by atoms with E-state index in [2.05, 4.69) is 4.90 Å². The molecule has 2 saturated heterocycles. The first-order valence-electron chi connectivity index (χ1n) is 6.91. The second-order valence-electron chi connectivity index (χ2n) is 5.81. The molecule has 0 spiro atoms. The van der Waals surface area contributed by atoms with Gasteiger partial charge in [0, 0.05) is 31.6 Å². The number of carboxylic acids is 1. The summed E-state index contributed by atoms with van der Waals surface area (Å²) in [6.45, 7) is 2.51. The van der Waals surface area contributed by atoms with Crippen LogP contribution in [-0.4, -0.2) is 58.5 Å². The van der Waals surface area contributed by atoms with E-state index < -0.39 is 11.9 Å². The van der Waals surface area contributed by atoms with E-state index in [0.29, 0.717) is 6.54 Å². The van der Waals surface area contributed by atoms with Gasteiger partial charge in [0.2, 0.25) is 5.91 Å². The van der Waals surface area contributed by atoms with Gasteiger partial charge in [-0.2, -0.15) is 0 Å². The average Bonchev–Trinajstić information content (AvgIpc) is 3.12. The maximum atomic E-state index is 11.9. The van der Waals surface area contributed by atoms with E-state index in [-0.39, 0.29) is 18.4 Å². The van der Waals surface area contributed by atoms with Crippen LogP contribution in [0.4, 0.5) is 0 Å². The van der Waals surface area contributed by atoms with Crippen LogP contribution >= 0.6 is 0 Å². The van der Waals surface area contributed by atoms with Crippen molar-refractivity contribution in [1.29, 1.82) is 0 Å². The van der Waals surface area contributed by atoms with Crippen molar-refractivity contribution in [2.75, 3.05) is 19.6 Å². The molecular formula is C13H20N2O3. The minimum Gasteiger partial charge on any atom is -0.481 e. The Bertz CT molecular complexity index is 367. The highest BCUT2D eigenvalue weighted by Gasteiger charge is 2.41. The zero-order valence-electron chi connectivity index (χ0n) is 10.5. The van der Waals surface area contributed by atoms with Crippen LogP contribution < -0.4 is 0 Å². The number of aliphatic carboxylic acids is 1. The molecule has 2 atom stereocenters. The maximum Gasteiger partial charge on any atom is 0.308 e. The Morgan fingerprint density at radius 3 is 2.56 bits per heavy atom. The molecule has 18 heavy (non-hydrogen) atoms. The van der Waals surface area contributed by atoms with Gasteiger partial charge >= 0.3 is 5.97 Å². The fourth-order valence-corrected chi connectivity index (χ4v) is 3.26. The Morgan fingerprint density at radius 1 is 1.17 bits per heavy atom. The molecule has 2 aliphatic heterocycles. The van der Waals surface area contributed by atoms with Gasteiger partial charge in [-0.05, 0) is 32.2 Å². The van der Waals surface area contributed by atoms with E-state index in [4.69, 9.17) is 5.11 Å². The first-order chi connectivity index (χ1) is 8.65. The van der Waals surface area contributed by atoms with Crippen molar-refractivity contribution in [3.8, 4) is 0 Å². The van der Waals surface area contributed by atoms with Crippen molar-refractivity contribution in [2.45, 2.75) is 44.2 Å². The van der Waals surface area contributed by atoms with Crippen molar-refractivity contribution in [2.24, 2.45) is 5.92 Å². The third-order valence-electron chi connectivity index (χ3n) is 4.44. The third kappa shape index (κ3) is 2.23. The normalized spacial score (nSPS) is 34.0. The van der Waals surface area contributed by atoms with Gasteiger partial charge < -0.3 is 10.0 Å². The highest BCUT2D eigenvalue weighted by Crippen LogP contribution is 2.32. The van der Waals surface area contributed by atoms with Crippen LogP contribution in [0.15, 0.2) is 0 Å². The predicted molar refractivity (Wildman–Crippen MR) is 65.1 cm³/mol. The molecule has 0 radical (unpaired) electrons. The zero-order valence-corrected chi connectivity index (χ0v) is 10.5. The minimum atomic E-state index is -0.833. The molecule has 3 fully saturated rings. The van der Waals surface area contributed by atoms with Gasteiger partial charge in [0.05, 0.1) is 5.92 Å². The molecule has 100 valence electrons. The number of amides is 1. The lowest BCUT2D eigenvalue weighted by Crippen LogP contribution is -2.49. The fraction of sp³-hybridized carbons (Fsp3) is 0.846. The van der Waals surface area contributed by atoms with Crippen molar-refractivity contribution in [3.63, 3.8) is 0 Å². The molecule has 3 aliphatic rings. The van der Waals surface area contributed by atoms with Crippen molar-refractivity contribution < 1.29 is 14.7 Å². The molecule has 0 aromatic carbocycles. The summed E-state index contributed by atoms with van der Waals surface area (Å²) in [5.41, 5.74) is 0. The molecule has 1 aliphatic carbocycles. The van der Waals surface area contributed by atoms with E-state index in [1.165, 1.54) is 12.8 Å². The van der Waals surface area contributed by atoms with Crippen LogP contribution in [-0.2, 0) is 9.59 Å². The molecule has 0 bridgehead atoms. The topological polar surface area (TPSA) is 60.9 Å². The first kappa shape index (κ1) is 12.0. The zero-order chi connectivity index (χ0) is 12.7. The van der Waals surface area contributed by atoms with E-state index in [9.17, 15) is 9.59 Å². The summed E-state index contributed by atoms with van der Waals surface area (Å²) in [5.74, 6) is -1.29. The number of nitrogens with zero attached hydrogens (tertiary/aromatic N) is 2. The van der Waals surface area contributed by atoms with Crippen LogP contribution in [0, 0.1) is 5.92 Å². The number of piperidine rings is 1. The Labute approximate surface area is 107 Å². The van der Waals surface area contributed by atoms with Crippen molar-refractivity contribution in [3.05, 3.63) is 0 Å². The number of likely N-dealkylation sites (tertiary alicyclic amines) is 2. The molecule has 5 nitrogen and oxygen atoms in total. The Hall–Kier alpha value is -1.10. The molecular weight excluding hydrogens is 232 g/mol. The monoisotopic (exact) mass is 252 g/mol. The van der Waals surface area contributed by atoms with Gasteiger partial charge in [0.15, 0.2) is 0 Å². The number of rotatable bonds is 3. The van der Waals surface area contributed by atoms with E-state index in [1.54, 1.807) is 0 Å². The molecule has 3 rings (SSSR count). The molecule has 0 aromatic heterocycles. The summed E-state index contributed by atoms with van der Waals surface area (Å²) < 4.78 is 0. The smallest absolute Gasteiger partial charge is 0.308 e. The lowest BCUT2D eigenvalue weighted by molar-refractivity contribution is -0.141. The molecule has 2 heterocycles. The molecule has 0 aromatic rings. The number of carbonyl (C=O) groups excluding carboxylic acids is 1. The lowest BCUT2D eigenvalue weighted by Gasteiger charge is -2.37. The van der Waals surface area contributed by atoms with Gasteiger partial charge in [0.25, 0.3) is 0 Å². The molecule has 5 heteroatoms. The largest absolute Gasteiger partial charge is 0.481 e. The lowest BCUT2D eigenvalue weighted by atomic mass is 10.0. The van der Waals surface area contributed by atoms with Gasteiger partial charge in [-0.3, -0.25) is 14.5 Å². The van der Waals surface area contributed by atoms with E-state index in [1.807, 2.05) is 4.90 Å². The Balaban J connectivity index is 1.63. The van der Waals surface area contributed by atoms with Gasteiger partial charge in [-0.1, -0.05) is 0 Å². The molecule has 1 saturated carbocycles. The van der Waals surface area contributed by atoms with E-state index in [0.717, 1.165) is 32.0 Å². The van der Waals surface area contributed by atoms with Crippen LogP contribution in [0.2, 0.25) is 0 Å². The summed E-state index contributed by atoms with van der Waals surface area (Å²) in [7, 11) is 0. The summed E-state index contributed by atoms with van der Waals surface area (Å²) >= 11 is 0.